The fourth-order valence-electron chi connectivity index (χ4n) is 3.98. The molecule has 1 aliphatic rings. The Morgan fingerprint density at radius 1 is 1.00 bits per heavy atom. The molecular weight excluding hydrogens is 450 g/mol. The highest BCUT2D eigenvalue weighted by Crippen LogP contribution is 2.44. The lowest BCUT2D eigenvalue weighted by atomic mass is 9.99. The van der Waals surface area contributed by atoms with E-state index in [9.17, 15) is 19.5 Å². The van der Waals surface area contributed by atoms with E-state index >= 15 is 0 Å². The number of carboxylic acid groups (broad SMARTS) is 1. The molecule has 8 heteroatoms. The summed E-state index contributed by atoms with van der Waals surface area (Å²) in [6.45, 7) is 1.60. The van der Waals surface area contributed by atoms with Crippen molar-refractivity contribution in [2.24, 2.45) is 0 Å². The van der Waals surface area contributed by atoms with E-state index in [1.807, 2.05) is 79.7 Å². The largest absolute Gasteiger partial charge is 0.480 e. The van der Waals surface area contributed by atoms with E-state index in [1.54, 1.807) is 6.07 Å². The average molecular weight is 476 g/mol. The SMILES string of the molecule is Cc1cccc(NC(=O)NCC(=O)N2[C@@H](c3ccccc3-c3ccccc3)SC[C@H]2C(=O)O)c1. The van der Waals surface area contributed by atoms with Crippen LogP contribution in [0.15, 0.2) is 78.9 Å². The first kappa shape index (κ1) is 23.4. The summed E-state index contributed by atoms with van der Waals surface area (Å²) in [5, 5.41) is 14.6. The van der Waals surface area contributed by atoms with Gasteiger partial charge in [-0.15, -0.1) is 11.8 Å². The highest BCUT2D eigenvalue weighted by molar-refractivity contribution is 7.99. The summed E-state index contributed by atoms with van der Waals surface area (Å²) in [6, 6.07) is 23.3. The quantitative estimate of drug-likeness (QED) is 0.487. The number of amides is 3. The van der Waals surface area contributed by atoms with Crippen LogP contribution in [0.4, 0.5) is 10.5 Å². The van der Waals surface area contributed by atoms with Crippen LogP contribution in [0.25, 0.3) is 11.1 Å². The van der Waals surface area contributed by atoms with Gasteiger partial charge in [-0.1, -0.05) is 66.7 Å². The second kappa shape index (κ2) is 10.4. The van der Waals surface area contributed by atoms with Crippen LogP contribution in [0.1, 0.15) is 16.5 Å². The van der Waals surface area contributed by atoms with E-state index in [2.05, 4.69) is 10.6 Å². The molecule has 1 aliphatic heterocycles. The highest BCUT2D eigenvalue weighted by atomic mass is 32.2. The fraction of sp³-hybridized carbons (Fsp3) is 0.192. The molecule has 3 aromatic carbocycles. The van der Waals surface area contributed by atoms with Gasteiger partial charge in [-0.2, -0.15) is 0 Å². The molecule has 0 bridgehead atoms. The van der Waals surface area contributed by atoms with Crippen molar-refractivity contribution in [3.8, 4) is 11.1 Å². The van der Waals surface area contributed by atoms with Crippen LogP contribution < -0.4 is 10.6 Å². The number of nitrogens with zero attached hydrogens (tertiary/aromatic N) is 1. The molecule has 0 aliphatic carbocycles. The van der Waals surface area contributed by atoms with Crippen molar-refractivity contribution in [1.82, 2.24) is 10.2 Å². The molecule has 1 saturated heterocycles. The van der Waals surface area contributed by atoms with Gasteiger partial charge in [-0.25, -0.2) is 9.59 Å². The summed E-state index contributed by atoms with van der Waals surface area (Å²) >= 11 is 1.41. The summed E-state index contributed by atoms with van der Waals surface area (Å²) in [5.74, 6) is -1.25. The van der Waals surface area contributed by atoms with Gasteiger partial charge in [0, 0.05) is 11.4 Å². The molecule has 2 atom stereocenters. The van der Waals surface area contributed by atoms with E-state index in [-0.39, 0.29) is 12.3 Å². The van der Waals surface area contributed by atoms with Crippen molar-refractivity contribution in [2.45, 2.75) is 18.3 Å². The maximum Gasteiger partial charge on any atom is 0.327 e. The number of nitrogens with one attached hydrogen (secondary N) is 2. The van der Waals surface area contributed by atoms with Crippen LogP contribution in [0.3, 0.4) is 0 Å². The molecule has 0 aromatic heterocycles. The van der Waals surface area contributed by atoms with Crippen molar-refractivity contribution in [2.75, 3.05) is 17.6 Å². The second-order valence-electron chi connectivity index (χ2n) is 7.97. The smallest absolute Gasteiger partial charge is 0.327 e. The fourth-order valence-corrected chi connectivity index (χ4v) is 5.46. The number of carbonyl (C=O) groups is 3. The number of thioether (sulfide) groups is 1. The zero-order valence-electron chi connectivity index (χ0n) is 18.6. The van der Waals surface area contributed by atoms with E-state index in [1.165, 1.54) is 16.7 Å². The topological polar surface area (TPSA) is 98.7 Å². The Kier molecular flexibility index (Phi) is 7.18. The van der Waals surface area contributed by atoms with Crippen LogP contribution in [0, 0.1) is 6.92 Å². The molecule has 0 saturated carbocycles. The van der Waals surface area contributed by atoms with Crippen molar-refractivity contribution >= 4 is 35.4 Å². The van der Waals surface area contributed by atoms with E-state index in [4.69, 9.17) is 0 Å². The zero-order chi connectivity index (χ0) is 24.1. The summed E-state index contributed by atoms with van der Waals surface area (Å²) in [5.41, 5.74) is 4.39. The second-order valence-corrected chi connectivity index (χ2v) is 9.08. The first-order valence-electron chi connectivity index (χ1n) is 10.9. The number of aryl methyl sites for hydroxylation is 1. The molecule has 7 nitrogen and oxygen atoms in total. The third kappa shape index (κ3) is 5.23. The summed E-state index contributed by atoms with van der Waals surface area (Å²) in [6.07, 6.45) is 0. The maximum atomic E-state index is 13.2. The summed E-state index contributed by atoms with van der Waals surface area (Å²) < 4.78 is 0. The number of carbonyl (C=O) groups excluding carboxylic acids is 2. The Labute approximate surface area is 202 Å². The number of anilines is 1. The number of carboxylic acids is 1. The molecule has 0 spiro atoms. The van der Waals surface area contributed by atoms with Crippen molar-refractivity contribution in [3.63, 3.8) is 0 Å². The minimum atomic E-state index is -1.07. The number of hydrogen-bond acceptors (Lipinski definition) is 4. The standard InChI is InChI=1S/C26H25N3O4S/c1-17-8-7-11-19(14-17)28-26(33)27-15-23(30)29-22(25(31)32)16-34-24(29)21-13-6-5-12-20(21)18-9-3-2-4-10-18/h2-14,22,24H,15-16H2,1H3,(H,31,32)(H2,27,28,33)/t22-,24+/m0/s1. The average Bonchev–Trinajstić information content (AvgIpc) is 3.29. The van der Waals surface area contributed by atoms with Crippen molar-refractivity contribution in [1.29, 1.82) is 0 Å². The van der Waals surface area contributed by atoms with Gasteiger partial charge in [0.2, 0.25) is 5.91 Å². The minimum Gasteiger partial charge on any atom is -0.480 e. The normalized spacial score (nSPS) is 17.3. The van der Waals surface area contributed by atoms with Crippen LogP contribution in [0.5, 0.6) is 0 Å². The Balaban J connectivity index is 1.53. The van der Waals surface area contributed by atoms with Gasteiger partial charge in [-0.3, -0.25) is 4.79 Å². The molecule has 3 aromatic rings. The highest BCUT2D eigenvalue weighted by Gasteiger charge is 2.43. The number of aliphatic carboxylic acids is 1. The summed E-state index contributed by atoms with van der Waals surface area (Å²) in [7, 11) is 0. The van der Waals surface area contributed by atoms with Crippen LogP contribution in [-0.4, -0.2) is 46.3 Å². The van der Waals surface area contributed by atoms with E-state index in [0.29, 0.717) is 5.69 Å². The predicted octanol–water partition coefficient (Wildman–Crippen LogP) is 4.51. The first-order chi connectivity index (χ1) is 16.4. The van der Waals surface area contributed by atoms with Crippen molar-refractivity contribution < 1.29 is 19.5 Å². The Bertz CT molecular complexity index is 1200. The van der Waals surface area contributed by atoms with E-state index < -0.39 is 29.3 Å². The lowest BCUT2D eigenvalue weighted by Crippen LogP contribution is -2.47. The van der Waals surface area contributed by atoms with E-state index in [0.717, 1.165) is 22.3 Å². The molecule has 174 valence electrons. The van der Waals surface area contributed by atoms with Crippen LogP contribution in [-0.2, 0) is 9.59 Å². The lowest BCUT2D eigenvalue weighted by molar-refractivity contribution is -0.148. The molecule has 1 fully saturated rings. The molecule has 0 radical (unpaired) electrons. The van der Waals surface area contributed by atoms with Crippen LogP contribution >= 0.6 is 11.8 Å². The number of urea groups is 1. The van der Waals surface area contributed by atoms with Gasteiger partial charge in [0.15, 0.2) is 0 Å². The first-order valence-corrected chi connectivity index (χ1v) is 11.9. The zero-order valence-corrected chi connectivity index (χ0v) is 19.4. The van der Waals surface area contributed by atoms with Gasteiger partial charge in [0.1, 0.15) is 11.4 Å². The van der Waals surface area contributed by atoms with Crippen LogP contribution in [0.2, 0.25) is 0 Å². The number of hydrogen-bond donors (Lipinski definition) is 3. The molecule has 1 heterocycles. The third-order valence-electron chi connectivity index (χ3n) is 5.56. The van der Waals surface area contributed by atoms with Gasteiger partial charge < -0.3 is 20.6 Å². The van der Waals surface area contributed by atoms with Gasteiger partial charge in [0.05, 0.1) is 6.54 Å². The molecule has 4 rings (SSSR count). The maximum absolute atomic E-state index is 13.2. The number of rotatable bonds is 6. The molecule has 3 amide bonds. The molecule has 0 unspecified atom stereocenters. The summed E-state index contributed by atoms with van der Waals surface area (Å²) in [4.78, 5) is 38.9. The van der Waals surface area contributed by atoms with Crippen molar-refractivity contribution in [3.05, 3.63) is 90.0 Å². The van der Waals surface area contributed by atoms with Gasteiger partial charge >= 0.3 is 12.0 Å². The Morgan fingerprint density at radius 2 is 1.74 bits per heavy atom. The molecule has 3 N–H and O–H groups in total. The third-order valence-corrected chi connectivity index (χ3v) is 6.87. The molecule has 34 heavy (non-hydrogen) atoms. The lowest BCUT2D eigenvalue weighted by Gasteiger charge is -2.29. The Hall–Kier alpha value is -3.78. The number of benzene rings is 3. The minimum absolute atomic E-state index is 0.268. The Morgan fingerprint density at radius 3 is 2.47 bits per heavy atom. The predicted molar refractivity (Wildman–Crippen MR) is 134 cm³/mol. The monoisotopic (exact) mass is 475 g/mol. The van der Waals surface area contributed by atoms with Gasteiger partial charge in [0.25, 0.3) is 0 Å². The van der Waals surface area contributed by atoms with Gasteiger partial charge in [-0.05, 0) is 41.3 Å². The molecular formula is C26H25N3O4S.